The molecule has 0 saturated carbocycles. The summed E-state index contributed by atoms with van der Waals surface area (Å²) in [4.78, 5) is 13.7. The number of carbonyl (C=O) groups is 1. The maximum absolute atomic E-state index is 11.9. The third-order valence-corrected chi connectivity index (χ3v) is 6.89. The van der Waals surface area contributed by atoms with Gasteiger partial charge in [-0.1, -0.05) is 11.6 Å². The molecule has 1 amide bonds. The van der Waals surface area contributed by atoms with Crippen molar-refractivity contribution in [3.63, 3.8) is 0 Å². The number of rotatable bonds is 1. The van der Waals surface area contributed by atoms with Crippen LogP contribution >= 0.6 is 23.2 Å². The van der Waals surface area contributed by atoms with Crippen molar-refractivity contribution in [2.24, 2.45) is 11.3 Å². The predicted octanol–water partition coefficient (Wildman–Crippen LogP) is 4.44. The number of amides is 1. The molecule has 4 rings (SSSR count). The summed E-state index contributed by atoms with van der Waals surface area (Å²) in [5.74, 6) is 1.23. The van der Waals surface area contributed by atoms with Crippen LogP contribution in [0, 0.1) is 11.3 Å². The summed E-state index contributed by atoms with van der Waals surface area (Å²) in [6, 6.07) is 5.79. The molecule has 0 N–H and O–H groups in total. The second-order valence-electron chi connectivity index (χ2n) is 8.44. The minimum atomic E-state index is -0.304. The highest BCUT2D eigenvalue weighted by Crippen LogP contribution is 2.55. The molecule has 2 fully saturated rings. The second-order valence-corrected chi connectivity index (χ2v) is 9.15. The van der Waals surface area contributed by atoms with Crippen molar-refractivity contribution in [3.8, 4) is 5.75 Å². The summed E-state index contributed by atoms with van der Waals surface area (Å²) >= 11 is 11.9. The van der Waals surface area contributed by atoms with E-state index in [0.29, 0.717) is 5.02 Å². The van der Waals surface area contributed by atoms with Gasteiger partial charge in [-0.05, 0) is 56.7 Å². The van der Waals surface area contributed by atoms with E-state index in [1.807, 2.05) is 23.1 Å². The number of carbonyl (C=O) groups excluding carboxylic acids is 1. The molecular weight excluding hydrogens is 373 g/mol. The molecule has 3 heterocycles. The molecular formula is C20H25Cl2NO3. The van der Waals surface area contributed by atoms with Gasteiger partial charge in [-0.3, -0.25) is 4.79 Å². The van der Waals surface area contributed by atoms with Gasteiger partial charge in [0.05, 0.1) is 12.7 Å². The first-order valence-electron chi connectivity index (χ1n) is 9.27. The average Bonchev–Trinajstić information content (AvgIpc) is 2.62. The number of halogens is 2. The molecule has 26 heavy (non-hydrogen) atoms. The normalized spacial score (nSPS) is 28.8. The van der Waals surface area contributed by atoms with Crippen LogP contribution in [0.5, 0.6) is 5.75 Å². The van der Waals surface area contributed by atoms with Crippen LogP contribution in [-0.2, 0) is 9.53 Å². The van der Waals surface area contributed by atoms with Gasteiger partial charge in [0.25, 0.3) is 0 Å². The number of hydrogen-bond donors (Lipinski definition) is 0. The summed E-state index contributed by atoms with van der Waals surface area (Å²) in [5.41, 5.74) is 0.870. The first-order valence-corrected chi connectivity index (χ1v) is 10.2. The van der Waals surface area contributed by atoms with E-state index >= 15 is 0 Å². The lowest BCUT2D eigenvalue weighted by molar-refractivity contribution is -0.175. The standard InChI is InChI=1S/C20H25Cl2NO3/c1-19(2)15-10-20(5-7-23(8-6-20)17(24)11-21)12-25-18(15)14-9-13(22)3-4-16(14)26-19/h3-4,9,15,18H,5-8,10-12H2,1-2H3/t15-,18+/m1/s1. The molecule has 3 aliphatic heterocycles. The molecule has 0 unspecified atom stereocenters. The molecule has 2 saturated heterocycles. The number of hydrogen-bond acceptors (Lipinski definition) is 3. The Morgan fingerprint density at radius 3 is 2.73 bits per heavy atom. The van der Waals surface area contributed by atoms with Gasteiger partial charge in [0.15, 0.2) is 0 Å². The van der Waals surface area contributed by atoms with Crippen LogP contribution in [-0.4, -0.2) is 42.0 Å². The molecule has 0 radical (unpaired) electrons. The Bertz CT molecular complexity index is 713. The Kier molecular flexibility index (Phi) is 4.65. The number of alkyl halides is 1. The van der Waals surface area contributed by atoms with Gasteiger partial charge in [-0.2, -0.15) is 0 Å². The quantitative estimate of drug-likeness (QED) is 0.657. The molecule has 3 aliphatic rings. The van der Waals surface area contributed by atoms with E-state index in [1.54, 1.807) is 0 Å². The minimum Gasteiger partial charge on any atom is -0.487 e. The summed E-state index contributed by atoms with van der Waals surface area (Å²) in [6.45, 7) is 6.54. The molecule has 1 spiro atoms. The Hall–Kier alpha value is -0.970. The zero-order valence-corrected chi connectivity index (χ0v) is 16.8. The molecule has 1 aromatic rings. The van der Waals surface area contributed by atoms with Crippen molar-refractivity contribution in [1.82, 2.24) is 4.90 Å². The van der Waals surface area contributed by atoms with Crippen LogP contribution in [0.25, 0.3) is 0 Å². The number of nitrogens with zero attached hydrogens (tertiary/aromatic N) is 1. The van der Waals surface area contributed by atoms with E-state index in [-0.39, 0.29) is 34.8 Å². The van der Waals surface area contributed by atoms with Crippen molar-refractivity contribution in [2.45, 2.75) is 44.8 Å². The first-order chi connectivity index (χ1) is 12.3. The lowest BCUT2D eigenvalue weighted by Gasteiger charge is -2.54. The minimum absolute atomic E-state index is 0.0144. The highest BCUT2D eigenvalue weighted by molar-refractivity contribution is 6.30. The maximum Gasteiger partial charge on any atom is 0.237 e. The van der Waals surface area contributed by atoms with Crippen LogP contribution in [0.2, 0.25) is 5.02 Å². The van der Waals surface area contributed by atoms with Crippen molar-refractivity contribution in [3.05, 3.63) is 28.8 Å². The molecule has 2 atom stereocenters. The Labute approximate surface area is 164 Å². The molecule has 6 heteroatoms. The van der Waals surface area contributed by atoms with Gasteiger partial charge in [0.1, 0.15) is 17.2 Å². The molecule has 0 aromatic heterocycles. The van der Waals surface area contributed by atoms with Gasteiger partial charge in [0.2, 0.25) is 5.91 Å². The number of ether oxygens (including phenoxy) is 2. The van der Waals surface area contributed by atoms with E-state index < -0.39 is 0 Å². The van der Waals surface area contributed by atoms with Crippen molar-refractivity contribution in [2.75, 3.05) is 25.6 Å². The van der Waals surface area contributed by atoms with Crippen LogP contribution in [0.4, 0.5) is 0 Å². The summed E-state index contributed by atoms with van der Waals surface area (Å²) in [5, 5.41) is 0.711. The average molecular weight is 398 g/mol. The van der Waals surface area contributed by atoms with Gasteiger partial charge >= 0.3 is 0 Å². The first kappa shape index (κ1) is 18.4. The molecule has 1 aromatic carbocycles. The zero-order chi connectivity index (χ0) is 18.5. The Morgan fingerprint density at radius 2 is 2.04 bits per heavy atom. The van der Waals surface area contributed by atoms with Crippen molar-refractivity contribution < 1.29 is 14.3 Å². The van der Waals surface area contributed by atoms with E-state index in [4.69, 9.17) is 32.7 Å². The van der Waals surface area contributed by atoms with Gasteiger partial charge in [0, 0.05) is 29.6 Å². The molecule has 0 bridgehead atoms. The zero-order valence-electron chi connectivity index (χ0n) is 15.3. The molecule has 142 valence electrons. The third-order valence-electron chi connectivity index (χ3n) is 6.42. The van der Waals surface area contributed by atoms with Crippen LogP contribution in [0.3, 0.4) is 0 Å². The van der Waals surface area contributed by atoms with E-state index in [9.17, 15) is 4.79 Å². The van der Waals surface area contributed by atoms with Crippen LogP contribution in [0.15, 0.2) is 18.2 Å². The second kappa shape index (κ2) is 6.57. The largest absolute Gasteiger partial charge is 0.487 e. The van der Waals surface area contributed by atoms with E-state index in [1.165, 1.54) is 0 Å². The highest BCUT2D eigenvalue weighted by atomic mass is 35.5. The number of piperidine rings is 1. The summed E-state index contributed by atoms with van der Waals surface area (Å²) in [7, 11) is 0. The maximum atomic E-state index is 11.9. The number of benzene rings is 1. The molecule has 4 nitrogen and oxygen atoms in total. The lowest BCUT2D eigenvalue weighted by atomic mass is 9.64. The van der Waals surface area contributed by atoms with Gasteiger partial charge in [-0.15, -0.1) is 11.6 Å². The Morgan fingerprint density at radius 1 is 1.31 bits per heavy atom. The van der Waals surface area contributed by atoms with Crippen LogP contribution < -0.4 is 4.74 Å². The monoisotopic (exact) mass is 397 g/mol. The Balaban J connectivity index is 1.56. The number of likely N-dealkylation sites (tertiary alicyclic amines) is 1. The van der Waals surface area contributed by atoms with E-state index in [0.717, 1.165) is 50.3 Å². The third kappa shape index (κ3) is 3.10. The van der Waals surface area contributed by atoms with E-state index in [2.05, 4.69) is 13.8 Å². The fourth-order valence-corrected chi connectivity index (χ4v) is 5.14. The van der Waals surface area contributed by atoms with Crippen molar-refractivity contribution in [1.29, 1.82) is 0 Å². The fourth-order valence-electron chi connectivity index (χ4n) is 4.79. The topological polar surface area (TPSA) is 38.8 Å². The lowest BCUT2D eigenvalue weighted by Crippen LogP contribution is -2.54. The number of fused-ring (bicyclic) bond motifs is 3. The fraction of sp³-hybridized carbons (Fsp3) is 0.650. The smallest absolute Gasteiger partial charge is 0.237 e. The van der Waals surface area contributed by atoms with Gasteiger partial charge < -0.3 is 14.4 Å². The SMILES string of the molecule is CC1(C)Oc2ccc(Cl)cc2[C@@H]2OCC3(CCN(C(=O)CCl)CC3)C[C@H]21. The van der Waals surface area contributed by atoms with Gasteiger partial charge in [-0.25, -0.2) is 0 Å². The molecule has 0 aliphatic carbocycles. The summed E-state index contributed by atoms with van der Waals surface area (Å²) in [6.07, 6.45) is 2.97. The highest BCUT2D eigenvalue weighted by Gasteiger charge is 2.52. The summed E-state index contributed by atoms with van der Waals surface area (Å²) < 4.78 is 12.8. The van der Waals surface area contributed by atoms with Crippen molar-refractivity contribution >= 4 is 29.1 Å². The predicted molar refractivity (Wildman–Crippen MR) is 102 cm³/mol. The van der Waals surface area contributed by atoms with Crippen LogP contribution in [0.1, 0.15) is 44.8 Å².